The van der Waals surface area contributed by atoms with Crippen molar-refractivity contribution < 1.29 is 4.79 Å². The van der Waals surface area contributed by atoms with Crippen molar-refractivity contribution in [1.82, 2.24) is 19.2 Å². The molecule has 0 fully saturated rings. The summed E-state index contributed by atoms with van der Waals surface area (Å²) in [6.45, 7) is 6.13. The van der Waals surface area contributed by atoms with Gasteiger partial charge in [0.1, 0.15) is 0 Å². The Morgan fingerprint density at radius 3 is 2.14 bits per heavy atom. The van der Waals surface area contributed by atoms with Crippen LogP contribution in [0.1, 0.15) is 38.3 Å². The van der Waals surface area contributed by atoms with E-state index in [9.17, 15) is 14.4 Å². The van der Waals surface area contributed by atoms with E-state index in [1.165, 1.54) is 4.90 Å². The summed E-state index contributed by atoms with van der Waals surface area (Å²) in [6.07, 6.45) is 0. The molecular formula is C28H28N4O3. The van der Waals surface area contributed by atoms with E-state index in [4.69, 9.17) is 0 Å². The van der Waals surface area contributed by atoms with Crippen molar-refractivity contribution in [2.75, 3.05) is 7.05 Å². The average Bonchev–Trinajstić information content (AvgIpc) is 2.81. The lowest BCUT2D eigenvalue weighted by Crippen LogP contribution is -2.46. The minimum Gasteiger partial charge on any atom is -0.336 e. The van der Waals surface area contributed by atoms with Gasteiger partial charge in [-0.1, -0.05) is 66.2 Å². The maximum absolute atomic E-state index is 13.5. The third-order valence-electron chi connectivity index (χ3n) is 5.75. The Labute approximate surface area is 203 Å². The molecule has 7 nitrogen and oxygen atoms in total. The first-order valence-corrected chi connectivity index (χ1v) is 11.4. The van der Waals surface area contributed by atoms with E-state index < -0.39 is 17.2 Å². The Morgan fingerprint density at radius 2 is 1.49 bits per heavy atom. The monoisotopic (exact) mass is 468 g/mol. The van der Waals surface area contributed by atoms with Crippen LogP contribution < -0.4 is 11.2 Å². The van der Waals surface area contributed by atoms with E-state index in [1.54, 1.807) is 7.05 Å². The van der Waals surface area contributed by atoms with Crippen LogP contribution in [0, 0.1) is 20.8 Å². The summed E-state index contributed by atoms with van der Waals surface area (Å²) in [4.78, 5) is 41.7. The molecule has 178 valence electrons. The van der Waals surface area contributed by atoms with Crippen molar-refractivity contribution in [2.45, 2.75) is 33.9 Å². The van der Waals surface area contributed by atoms with Gasteiger partial charge in [0, 0.05) is 13.6 Å². The highest BCUT2D eigenvalue weighted by atomic mass is 16.2. The second-order valence-electron chi connectivity index (χ2n) is 8.92. The molecule has 1 amide bonds. The molecule has 7 heteroatoms. The van der Waals surface area contributed by atoms with Crippen molar-refractivity contribution >= 4 is 5.91 Å². The molecule has 0 radical (unpaired) electrons. The lowest BCUT2D eigenvalue weighted by Gasteiger charge is -2.18. The lowest BCUT2D eigenvalue weighted by atomic mass is 10.1. The molecule has 3 aromatic carbocycles. The number of hydrogen-bond acceptors (Lipinski definition) is 4. The smallest absolute Gasteiger partial charge is 0.336 e. The molecule has 0 saturated heterocycles. The molecule has 4 rings (SSSR count). The number of carbonyl (C=O) groups is 1. The van der Waals surface area contributed by atoms with Crippen LogP contribution in [0.3, 0.4) is 0 Å². The first-order valence-electron chi connectivity index (χ1n) is 11.4. The quantitative estimate of drug-likeness (QED) is 0.433. The van der Waals surface area contributed by atoms with Gasteiger partial charge in [-0.05, 0) is 55.2 Å². The van der Waals surface area contributed by atoms with Crippen molar-refractivity contribution in [3.8, 4) is 5.69 Å². The normalized spacial score (nSPS) is 10.9. The SMILES string of the molecule is Cc1cccc(Cn2c(=O)c(C(=O)N(C)Cc3ccccc3)nn(-c3cc(C)cc(C)c3)c2=O)c1. The van der Waals surface area contributed by atoms with Gasteiger partial charge in [0.2, 0.25) is 5.69 Å². The zero-order valence-corrected chi connectivity index (χ0v) is 20.4. The van der Waals surface area contributed by atoms with Crippen LogP contribution in [-0.4, -0.2) is 32.2 Å². The van der Waals surface area contributed by atoms with E-state index in [2.05, 4.69) is 5.10 Å². The second-order valence-corrected chi connectivity index (χ2v) is 8.92. The summed E-state index contributed by atoms with van der Waals surface area (Å²) in [5.74, 6) is -0.546. The number of hydrogen-bond donors (Lipinski definition) is 0. The molecule has 0 aliphatic rings. The average molecular weight is 469 g/mol. The van der Waals surface area contributed by atoms with Crippen LogP contribution in [0.2, 0.25) is 0 Å². The number of aryl methyl sites for hydroxylation is 3. The van der Waals surface area contributed by atoms with Crippen LogP contribution >= 0.6 is 0 Å². The van der Waals surface area contributed by atoms with Gasteiger partial charge in [0.25, 0.3) is 11.5 Å². The van der Waals surface area contributed by atoms with Crippen LogP contribution in [0.15, 0.2) is 82.4 Å². The zero-order valence-electron chi connectivity index (χ0n) is 20.4. The maximum Gasteiger partial charge on any atom is 0.352 e. The molecule has 0 spiro atoms. The zero-order chi connectivity index (χ0) is 25.1. The minimum absolute atomic E-state index is 0.0370. The van der Waals surface area contributed by atoms with Crippen LogP contribution in [-0.2, 0) is 13.1 Å². The summed E-state index contributed by atoms with van der Waals surface area (Å²) in [6, 6.07) is 22.7. The molecule has 0 atom stereocenters. The highest BCUT2D eigenvalue weighted by Gasteiger charge is 2.23. The van der Waals surface area contributed by atoms with Gasteiger partial charge in [-0.2, -0.15) is 9.78 Å². The molecule has 0 aliphatic heterocycles. The number of carbonyl (C=O) groups excluding carboxylic acids is 1. The summed E-state index contributed by atoms with van der Waals surface area (Å²) < 4.78 is 2.24. The van der Waals surface area contributed by atoms with E-state index in [0.29, 0.717) is 12.2 Å². The van der Waals surface area contributed by atoms with Crippen molar-refractivity contribution in [2.24, 2.45) is 0 Å². The number of aromatic nitrogens is 3. The Morgan fingerprint density at radius 1 is 0.829 bits per heavy atom. The Kier molecular flexibility index (Phi) is 6.78. The van der Waals surface area contributed by atoms with E-state index in [-0.39, 0.29) is 12.2 Å². The fourth-order valence-corrected chi connectivity index (χ4v) is 4.13. The number of rotatable bonds is 6. The number of benzene rings is 3. The fraction of sp³-hybridized carbons (Fsp3) is 0.214. The third kappa shape index (κ3) is 5.30. The van der Waals surface area contributed by atoms with Crippen LogP contribution in [0.25, 0.3) is 5.69 Å². The summed E-state index contributed by atoms with van der Waals surface area (Å²) in [7, 11) is 1.62. The third-order valence-corrected chi connectivity index (χ3v) is 5.75. The van der Waals surface area contributed by atoms with E-state index in [1.807, 2.05) is 93.6 Å². The molecular weight excluding hydrogens is 440 g/mol. The van der Waals surface area contributed by atoms with Gasteiger partial charge < -0.3 is 4.90 Å². The second kappa shape index (κ2) is 9.93. The fourth-order valence-electron chi connectivity index (χ4n) is 4.13. The van der Waals surface area contributed by atoms with Crippen LogP contribution in [0.5, 0.6) is 0 Å². The van der Waals surface area contributed by atoms with Crippen molar-refractivity contribution in [3.63, 3.8) is 0 Å². The summed E-state index contributed by atoms with van der Waals surface area (Å²) in [5, 5.41) is 4.29. The maximum atomic E-state index is 13.5. The van der Waals surface area contributed by atoms with Gasteiger partial charge in [0.15, 0.2) is 0 Å². The van der Waals surface area contributed by atoms with Gasteiger partial charge in [-0.15, -0.1) is 0 Å². The predicted molar refractivity (Wildman–Crippen MR) is 136 cm³/mol. The topological polar surface area (TPSA) is 77.2 Å². The predicted octanol–water partition coefficient (Wildman–Crippen LogP) is 3.64. The number of amides is 1. The largest absolute Gasteiger partial charge is 0.352 e. The molecule has 1 aromatic heterocycles. The van der Waals surface area contributed by atoms with E-state index in [0.717, 1.165) is 37.1 Å². The van der Waals surface area contributed by atoms with E-state index >= 15 is 0 Å². The van der Waals surface area contributed by atoms with Gasteiger partial charge in [-0.3, -0.25) is 14.2 Å². The lowest BCUT2D eigenvalue weighted by molar-refractivity contribution is 0.0773. The molecule has 0 N–H and O–H groups in total. The van der Waals surface area contributed by atoms with Crippen molar-refractivity contribution in [3.05, 3.63) is 127 Å². The first-order chi connectivity index (χ1) is 16.7. The standard InChI is InChI=1S/C28H28N4O3/c1-19-9-8-12-23(14-19)18-31-27(34)25(26(33)30(4)17-22-10-6-5-7-11-22)29-32(28(31)35)24-15-20(2)13-21(3)16-24/h5-16H,17-18H2,1-4H3. The Hall–Kier alpha value is -4.26. The highest BCUT2D eigenvalue weighted by molar-refractivity contribution is 5.91. The van der Waals surface area contributed by atoms with Gasteiger partial charge >= 0.3 is 5.69 Å². The molecule has 0 saturated carbocycles. The van der Waals surface area contributed by atoms with Gasteiger partial charge in [0.05, 0.1) is 12.2 Å². The highest BCUT2D eigenvalue weighted by Crippen LogP contribution is 2.12. The van der Waals surface area contributed by atoms with Gasteiger partial charge in [-0.25, -0.2) is 4.79 Å². The summed E-state index contributed by atoms with van der Waals surface area (Å²) in [5.41, 5.74) is 3.52. The molecule has 0 unspecified atom stereocenters. The Balaban J connectivity index is 1.85. The molecule has 0 aliphatic carbocycles. The molecule has 35 heavy (non-hydrogen) atoms. The first kappa shape index (κ1) is 23.9. The minimum atomic E-state index is -0.706. The van der Waals surface area contributed by atoms with Crippen molar-refractivity contribution in [1.29, 1.82) is 0 Å². The number of nitrogens with zero attached hydrogens (tertiary/aromatic N) is 4. The Bertz CT molecular complexity index is 1480. The van der Waals surface area contributed by atoms with Crippen LogP contribution in [0.4, 0.5) is 0 Å². The molecule has 4 aromatic rings. The molecule has 1 heterocycles. The summed E-state index contributed by atoms with van der Waals surface area (Å²) >= 11 is 0. The molecule has 0 bridgehead atoms.